The summed E-state index contributed by atoms with van der Waals surface area (Å²) < 4.78 is 0. The third-order valence-corrected chi connectivity index (χ3v) is 2.91. The number of rotatable bonds is 8. The minimum atomic E-state index is -1.22. The van der Waals surface area contributed by atoms with E-state index in [-0.39, 0.29) is 12.8 Å². The SMILES string of the molecule is CC(C)(CC(C#N)C(=O)O)/N=N/C(C)(C)CC(C#N)C(=O)O. The van der Waals surface area contributed by atoms with E-state index >= 15 is 0 Å². The van der Waals surface area contributed by atoms with E-state index in [1.165, 1.54) is 0 Å². The first kappa shape index (κ1) is 19.5. The molecule has 0 aliphatic heterocycles. The van der Waals surface area contributed by atoms with E-state index in [1.54, 1.807) is 39.8 Å². The monoisotopic (exact) mass is 308 g/mol. The Balaban J connectivity index is 5.00. The second kappa shape index (κ2) is 7.51. The molecule has 0 fully saturated rings. The number of azo groups is 1. The number of carboxylic acid groups (broad SMARTS) is 2. The van der Waals surface area contributed by atoms with Gasteiger partial charge in [0.15, 0.2) is 0 Å². The van der Waals surface area contributed by atoms with E-state index in [0.717, 1.165) is 0 Å². The number of carboxylic acids is 2. The largest absolute Gasteiger partial charge is 0.480 e. The first-order chi connectivity index (χ1) is 9.94. The third-order valence-electron chi connectivity index (χ3n) is 2.91. The smallest absolute Gasteiger partial charge is 0.320 e. The van der Waals surface area contributed by atoms with Gasteiger partial charge in [0.05, 0.1) is 23.2 Å². The molecule has 0 spiro atoms. The lowest BCUT2D eigenvalue weighted by Gasteiger charge is -2.24. The molecule has 22 heavy (non-hydrogen) atoms. The van der Waals surface area contributed by atoms with Crippen LogP contribution in [0.1, 0.15) is 40.5 Å². The minimum Gasteiger partial charge on any atom is -0.480 e. The van der Waals surface area contributed by atoms with Crippen molar-refractivity contribution < 1.29 is 19.8 Å². The zero-order chi connectivity index (χ0) is 17.6. The van der Waals surface area contributed by atoms with Crippen molar-refractivity contribution in [2.24, 2.45) is 22.1 Å². The lowest BCUT2D eigenvalue weighted by atomic mass is 9.91. The van der Waals surface area contributed by atoms with Crippen molar-refractivity contribution in [1.82, 2.24) is 0 Å². The van der Waals surface area contributed by atoms with Crippen molar-refractivity contribution in [1.29, 1.82) is 10.5 Å². The fourth-order valence-electron chi connectivity index (χ4n) is 1.73. The molecule has 2 N–H and O–H groups in total. The second-order valence-electron chi connectivity index (χ2n) is 6.27. The average molecular weight is 308 g/mol. The van der Waals surface area contributed by atoms with Gasteiger partial charge >= 0.3 is 11.9 Å². The molecule has 0 heterocycles. The molecule has 0 aliphatic rings. The van der Waals surface area contributed by atoms with Crippen LogP contribution >= 0.6 is 0 Å². The lowest BCUT2D eigenvalue weighted by molar-refractivity contribution is -0.141. The summed E-state index contributed by atoms with van der Waals surface area (Å²) in [6.45, 7) is 6.55. The van der Waals surface area contributed by atoms with Gasteiger partial charge in [-0.15, -0.1) is 0 Å². The van der Waals surface area contributed by atoms with Crippen LogP contribution in [0.3, 0.4) is 0 Å². The molecule has 0 bridgehead atoms. The van der Waals surface area contributed by atoms with Gasteiger partial charge in [0.25, 0.3) is 0 Å². The molecule has 0 radical (unpaired) electrons. The third kappa shape index (κ3) is 6.80. The Morgan fingerprint density at radius 3 is 1.36 bits per heavy atom. The minimum absolute atomic E-state index is 0.0149. The Kier molecular flexibility index (Phi) is 6.66. The van der Waals surface area contributed by atoms with Crippen LogP contribution in [0.25, 0.3) is 0 Å². The highest BCUT2D eigenvalue weighted by atomic mass is 16.4. The Hall–Kier alpha value is -2.48. The Labute approximate surface area is 129 Å². The highest BCUT2D eigenvalue weighted by Crippen LogP contribution is 2.26. The van der Waals surface area contributed by atoms with Crippen LogP contribution in [0.15, 0.2) is 10.2 Å². The summed E-state index contributed by atoms with van der Waals surface area (Å²) in [7, 11) is 0. The van der Waals surface area contributed by atoms with Crippen LogP contribution in [0.5, 0.6) is 0 Å². The molecular formula is C14H20N4O4. The van der Waals surface area contributed by atoms with Gasteiger partial charge < -0.3 is 10.2 Å². The molecule has 120 valence electrons. The Morgan fingerprint density at radius 2 is 1.18 bits per heavy atom. The molecule has 0 aromatic carbocycles. The molecule has 2 unspecified atom stereocenters. The number of aliphatic carboxylic acids is 2. The second-order valence-corrected chi connectivity index (χ2v) is 6.27. The molecule has 0 aromatic rings. The quantitative estimate of drug-likeness (QED) is 0.657. The predicted molar refractivity (Wildman–Crippen MR) is 75.7 cm³/mol. The average Bonchev–Trinajstić information content (AvgIpc) is 2.40. The van der Waals surface area contributed by atoms with Crippen LogP contribution in [0, 0.1) is 34.5 Å². The summed E-state index contributed by atoms with van der Waals surface area (Å²) >= 11 is 0. The molecule has 0 amide bonds. The van der Waals surface area contributed by atoms with Gasteiger partial charge in [-0.05, 0) is 27.7 Å². The van der Waals surface area contributed by atoms with Crippen molar-refractivity contribution in [2.75, 3.05) is 0 Å². The van der Waals surface area contributed by atoms with Crippen LogP contribution in [-0.2, 0) is 9.59 Å². The summed E-state index contributed by atoms with van der Waals surface area (Å²) in [5.41, 5.74) is -1.77. The fourth-order valence-corrected chi connectivity index (χ4v) is 1.73. The standard InChI is InChI=1S/C14H20N4O4/c1-13(2,5-9(7-15)11(19)20)17-18-14(3,4)6-10(8-16)12(21)22/h9-10H,5-6H2,1-4H3,(H,19,20)(H,21,22)/b18-17+. The molecule has 0 saturated heterocycles. The van der Waals surface area contributed by atoms with Crippen LogP contribution in [-0.4, -0.2) is 33.2 Å². The van der Waals surface area contributed by atoms with E-state index in [1.807, 2.05) is 0 Å². The van der Waals surface area contributed by atoms with Crippen molar-refractivity contribution in [3.63, 3.8) is 0 Å². The van der Waals surface area contributed by atoms with Crippen LogP contribution < -0.4 is 0 Å². The maximum atomic E-state index is 10.9. The van der Waals surface area contributed by atoms with Crippen molar-refractivity contribution in [2.45, 2.75) is 51.6 Å². The van der Waals surface area contributed by atoms with Crippen LogP contribution in [0.2, 0.25) is 0 Å². The zero-order valence-electron chi connectivity index (χ0n) is 13.1. The maximum absolute atomic E-state index is 10.9. The van der Waals surface area contributed by atoms with E-state index in [4.69, 9.17) is 20.7 Å². The van der Waals surface area contributed by atoms with Gasteiger partial charge in [-0.1, -0.05) is 0 Å². The molecule has 0 saturated carbocycles. The molecule has 8 nitrogen and oxygen atoms in total. The molecule has 8 heteroatoms. The van der Waals surface area contributed by atoms with Crippen molar-refractivity contribution in [3.8, 4) is 12.1 Å². The predicted octanol–water partition coefficient (Wildman–Crippen LogP) is 2.22. The zero-order valence-corrected chi connectivity index (χ0v) is 13.1. The summed E-state index contributed by atoms with van der Waals surface area (Å²) in [5.74, 6) is -4.83. The number of hydrogen-bond donors (Lipinski definition) is 2. The Bertz CT molecular complexity index is 492. The summed E-state index contributed by atoms with van der Waals surface area (Å²) in [6.07, 6.45) is -0.0297. The maximum Gasteiger partial charge on any atom is 0.320 e. The van der Waals surface area contributed by atoms with Crippen molar-refractivity contribution >= 4 is 11.9 Å². The summed E-state index contributed by atoms with van der Waals surface area (Å²) in [4.78, 5) is 21.7. The van der Waals surface area contributed by atoms with Gasteiger partial charge in [-0.2, -0.15) is 20.8 Å². The van der Waals surface area contributed by atoms with Gasteiger partial charge in [0.2, 0.25) is 0 Å². The molecule has 0 aliphatic carbocycles. The topological polar surface area (TPSA) is 147 Å². The van der Waals surface area contributed by atoms with E-state index in [9.17, 15) is 9.59 Å². The highest BCUT2D eigenvalue weighted by Gasteiger charge is 2.31. The molecule has 0 rings (SSSR count). The van der Waals surface area contributed by atoms with Crippen molar-refractivity contribution in [3.05, 3.63) is 0 Å². The van der Waals surface area contributed by atoms with Gasteiger partial charge in [-0.25, -0.2) is 0 Å². The summed E-state index contributed by atoms with van der Waals surface area (Å²) in [5, 5.41) is 43.5. The molecular weight excluding hydrogens is 288 g/mol. The van der Waals surface area contributed by atoms with Gasteiger partial charge in [0.1, 0.15) is 11.8 Å². The normalized spacial score (nSPS) is 14.8. The number of carbonyl (C=O) groups is 2. The van der Waals surface area contributed by atoms with E-state index < -0.39 is 34.9 Å². The number of hydrogen-bond acceptors (Lipinski definition) is 6. The number of nitrogens with zero attached hydrogens (tertiary/aromatic N) is 4. The van der Waals surface area contributed by atoms with Crippen LogP contribution in [0.4, 0.5) is 0 Å². The first-order valence-corrected chi connectivity index (χ1v) is 6.63. The lowest BCUT2D eigenvalue weighted by Crippen LogP contribution is -2.28. The molecule has 2 atom stereocenters. The van der Waals surface area contributed by atoms with Gasteiger partial charge in [-0.3, -0.25) is 9.59 Å². The van der Waals surface area contributed by atoms with Gasteiger partial charge in [0, 0.05) is 12.8 Å². The van der Waals surface area contributed by atoms with E-state index in [0.29, 0.717) is 0 Å². The molecule has 0 aromatic heterocycles. The highest BCUT2D eigenvalue weighted by molar-refractivity contribution is 5.73. The van der Waals surface area contributed by atoms with E-state index in [2.05, 4.69) is 10.2 Å². The fraction of sp³-hybridized carbons (Fsp3) is 0.714. The number of nitriles is 2. The first-order valence-electron chi connectivity index (χ1n) is 6.63. The Morgan fingerprint density at radius 1 is 0.909 bits per heavy atom. The summed E-state index contributed by atoms with van der Waals surface area (Å²) in [6, 6.07) is 3.38.